The molecule has 3 rings (SSSR count). The number of nitrogens with zero attached hydrogens (tertiary/aromatic N) is 4. The fourth-order valence-electron chi connectivity index (χ4n) is 2.07. The average molecular weight is 343 g/mol. The number of benzene rings is 1. The van der Waals surface area contributed by atoms with E-state index in [0.29, 0.717) is 11.3 Å². The Morgan fingerprint density at radius 1 is 1.29 bits per heavy atom. The van der Waals surface area contributed by atoms with Crippen molar-refractivity contribution in [3.05, 3.63) is 58.8 Å². The zero-order valence-electron chi connectivity index (χ0n) is 10.6. The van der Waals surface area contributed by atoms with Crippen LogP contribution in [0.15, 0.2) is 48.7 Å². The number of fused-ring (bicyclic) bond motifs is 1. The van der Waals surface area contributed by atoms with Gasteiger partial charge in [-0.3, -0.25) is 0 Å². The van der Waals surface area contributed by atoms with Gasteiger partial charge in [-0.2, -0.15) is 0 Å². The summed E-state index contributed by atoms with van der Waals surface area (Å²) in [6.07, 6.45) is 1.84. The van der Waals surface area contributed by atoms with Crippen LogP contribution in [0, 0.1) is 20.3 Å². The Kier molecular flexibility index (Phi) is 3.40. The molecule has 0 aliphatic rings. The molecule has 3 aromatic rings. The van der Waals surface area contributed by atoms with E-state index in [1.54, 1.807) is 12.1 Å². The van der Waals surface area contributed by atoms with Crippen molar-refractivity contribution in [3.8, 4) is 16.2 Å². The van der Waals surface area contributed by atoms with Gasteiger partial charge in [0.2, 0.25) is 0 Å². The molecule has 0 amide bonds. The molecule has 0 aliphatic heterocycles. The number of nitriles is 1. The number of nitro groups is 1. The summed E-state index contributed by atoms with van der Waals surface area (Å²) in [4.78, 5) is 17.1. The van der Waals surface area contributed by atoms with Crippen LogP contribution in [-0.2, 0) is 0 Å². The number of non-ortho nitro benzene ring substituents is 1. The van der Waals surface area contributed by atoms with Crippen LogP contribution in [0.3, 0.4) is 0 Å². The molecular formula is C14H8N4O2Se. The molecule has 0 unspecified atom stereocenters. The molecule has 0 atom stereocenters. The van der Waals surface area contributed by atoms with Gasteiger partial charge in [-0.05, 0) is 0 Å². The fraction of sp³-hybridized carbons (Fsp3) is 0. The molecule has 2 aromatic heterocycles. The molecule has 0 bridgehead atoms. The van der Waals surface area contributed by atoms with Crippen molar-refractivity contribution in [3.63, 3.8) is 0 Å². The van der Waals surface area contributed by atoms with Gasteiger partial charge in [0.25, 0.3) is 0 Å². The third-order valence-corrected chi connectivity index (χ3v) is 4.37. The molecule has 0 N–H and O–H groups in total. The molecule has 0 aliphatic carbocycles. The van der Waals surface area contributed by atoms with Crippen molar-refractivity contribution in [2.45, 2.75) is 0 Å². The van der Waals surface area contributed by atoms with Crippen LogP contribution < -0.4 is 4.59 Å². The van der Waals surface area contributed by atoms with E-state index in [1.807, 2.05) is 28.8 Å². The third-order valence-electron chi connectivity index (χ3n) is 2.96. The van der Waals surface area contributed by atoms with Crippen molar-refractivity contribution >= 4 is 30.9 Å². The number of pyridine rings is 1. The van der Waals surface area contributed by atoms with E-state index in [2.05, 4.69) is 9.95 Å². The van der Waals surface area contributed by atoms with Gasteiger partial charge >= 0.3 is 125 Å². The maximum absolute atomic E-state index is 10.9. The summed E-state index contributed by atoms with van der Waals surface area (Å²) in [5.74, 6) is 0. The Hall–Kier alpha value is -2.68. The molecule has 0 saturated heterocycles. The summed E-state index contributed by atoms with van der Waals surface area (Å²) in [6.45, 7) is 0. The maximum atomic E-state index is 10.9. The molecule has 102 valence electrons. The summed E-state index contributed by atoms with van der Waals surface area (Å²) in [5, 5.41) is 19.9. The van der Waals surface area contributed by atoms with E-state index < -0.39 is 19.9 Å². The van der Waals surface area contributed by atoms with Gasteiger partial charge in [-0.1, -0.05) is 0 Å². The van der Waals surface area contributed by atoms with Crippen molar-refractivity contribution in [1.82, 2.24) is 9.38 Å². The second-order valence-electron chi connectivity index (χ2n) is 4.20. The molecular weight excluding hydrogens is 335 g/mol. The van der Waals surface area contributed by atoms with E-state index in [-0.39, 0.29) is 5.69 Å². The summed E-state index contributed by atoms with van der Waals surface area (Å²) in [7, 11) is 0. The topological polar surface area (TPSA) is 84.2 Å². The van der Waals surface area contributed by atoms with Crippen LogP contribution in [0.2, 0.25) is 0 Å². The summed E-state index contributed by atoms with van der Waals surface area (Å²) >= 11 is -0.416. The van der Waals surface area contributed by atoms with E-state index in [1.165, 1.54) is 12.1 Å². The first-order chi connectivity index (χ1) is 10.2. The zero-order valence-corrected chi connectivity index (χ0v) is 12.3. The Balaban J connectivity index is 2.24. The van der Waals surface area contributed by atoms with Crippen LogP contribution in [0.5, 0.6) is 0 Å². The normalized spacial score (nSPS) is 10.4. The first-order valence-electron chi connectivity index (χ1n) is 5.98. The first kappa shape index (κ1) is 13.3. The predicted molar refractivity (Wildman–Crippen MR) is 78.3 cm³/mol. The van der Waals surface area contributed by atoms with Crippen molar-refractivity contribution in [1.29, 1.82) is 5.26 Å². The van der Waals surface area contributed by atoms with E-state index in [4.69, 9.17) is 5.26 Å². The Bertz CT molecular complexity index is 882. The number of nitro benzene ring substituents is 1. The average Bonchev–Trinajstić information content (AvgIpc) is 2.87. The van der Waals surface area contributed by atoms with Crippen molar-refractivity contribution in [2.24, 2.45) is 0 Å². The van der Waals surface area contributed by atoms with Crippen molar-refractivity contribution < 1.29 is 4.92 Å². The summed E-state index contributed by atoms with van der Waals surface area (Å²) < 4.78 is 2.65. The number of imidazole rings is 1. The van der Waals surface area contributed by atoms with Gasteiger partial charge in [-0.25, -0.2) is 0 Å². The van der Waals surface area contributed by atoms with E-state index in [9.17, 15) is 10.1 Å². The second-order valence-corrected chi connectivity index (χ2v) is 5.82. The molecule has 0 radical (unpaired) electrons. The minimum atomic E-state index is -0.436. The SMILES string of the molecule is N#C[Se]c1c(-c2cccc([N+](=O)[O-])c2)nc2ccccn12. The standard InChI is InChI=1S/C14H8N4O2Se/c15-9-21-14-13(16-12-6-1-2-7-17(12)14)10-4-3-5-11(8-10)18(19)20/h1-8H. The van der Waals surface area contributed by atoms with Gasteiger partial charge in [0, 0.05) is 0 Å². The molecule has 21 heavy (non-hydrogen) atoms. The van der Waals surface area contributed by atoms with Gasteiger partial charge in [0.05, 0.1) is 0 Å². The van der Waals surface area contributed by atoms with Crippen LogP contribution in [-0.4, -0.2) is 29.3 Å². The molecule has 2 heterocycles. The van der Waals surface area contributed by atoms with Gasteiger partial charge < -0.3 is 0 Å². The number of hydrogen-bond acceptors (Lipinski definition) is 4. The second kappa shape index (κ2) is 5.37. The number of rotatable bonds is 3. The molecule has 0 spiro atoms. The van der Waals surface area contributed by atoms with Gasteiger partial charge in [0.1, 0.15) is 0 Å². The van der Waals surface area contributed by atoms with Crippen LogP contribution in [0.1, 0.15) is 0 Å². The third kappa shape index (κ3) is 2.38. The summed E-state index contributed by atoms with van der Waals surface area (Å²) in [6, 6.07) is 11.9. The van der Waals surface area contributed by atoms with Crippen LogP contribution in [0.4, 0.5) is 5.69 Å². The van der Waals surface area contributed by atoms with Crippen LogP contribution in [0.25, 0.3) is 16.9 Å². The van der Waals surface area contributed by atoms with Crippen LogP contribution >= 0.6 is 0 Å². The molecule has 1 aromatic carbocycles. The monoisotopic (exact) mass is 344 g/mol. The van der Waals surface area contributed by atoms with Gasteiger partial charge in [0.15, 0.2) is 0 Å². The first-order valence-corrected chi connectivity index (χ1v) is 7.70. The zero-order chi connectivity index (χ0) is 14.8. The Labute approximate surface area is 126 Å². The Morgan fingerprint density at radius 2 is 2.14 bits per heavy atom. The quantitative estimate of drug-likeness (QED) is 0.412. The van der Waals surface area contributed by atoms with Gasteiger partial charge in [-0.15, -0.1) is 0 Å². The van der Waals surface area contributed by atoms with Crippen molar-refractivity contribution in [2.75, 3.05) is 0 Å². The number of hydrogen-bond donors (Lipinski definition) is 0. The molecule has 6 nitrogen and oxygen atoms in total. The number of aromatic nitrogens is 2. The Morgan fingerprint density at radius 3 is 2.90 bits per heavy atom. The fourth-order valence-corrected chi connectivity index (χ4v) is 3.33. The van der Waals surface area contributed by atoms with E-state index >= 15 is 0 Å². The predicted octanol–water partition coefficient (Wildman–Crippen LogP) is 1.72. The van der Waals surface area contributed by atoms with E-state index in [0.717, 1.165) is 10.2 Å². The molecule has 0 fully saturated rings. The molecule has 0 saturated carbocycles. The minimum absolute atomic E-state index is 0.0139. The molecule has 7 heteroatoms. The summed E-state index contributed by atoms with van der Waals surface area (Å²) in [5.41, 5.74) is 2.03.